The van der Waals surface area contributed by atoms with Crippen LogP contribution in [0.4, 0.5) is 0 Å². The highest BCUT2D eigenvalue weighted by molar-refractivity contribution is 6.30. The summed E-state index contributed by atoms with van der Waals surface area (Å²) >= 11 is 5.86. The Morgan fingerprint density at radius 3 is 2.88 bits per heavy atom. The summed E-state index contributed by atoms with van der Waals surface area (Å²) in [6, 6.07) is 7.46. The Kier molecular flexibility index (Phi) is 6.60. The van der Waals surface area contributed by atoms with Crippen LogP contribution in [0, 0.1) is 0 Å². The summed E-state index contributed by atoms with van der Waals surface area (Å²) in [7, 11) is 0. The Labute approximate surface area is 152 Å². The molecule has 8 heteroatoms. The Morgan fingerprint density at radius 2 is 2.17 bits per heavy atom. The first-order chi connectivity index (χ1) is 11.1. The lowest BCUT2D eigenvalue weighted by atomic mass is 10.2. The van der Waals surface area contributed by atoms with Gasteiger partial charge in [-0.2, -0.15) is 4.98 Å². The van der Waals surface area contributed by atoms with Gasteiger partial charge in [-0.25, -0.2) is 0 Å². The first-order valence-electron chi connectivity index (χ1n) is 7.72. The van der Waals surface area contributed by atoms with Crippen molar-refractivity contribution in [3.05, 3.63) is 35.2 Å². The molecule has 1 aromatic carbocycles. The quantitative estimate of drug-likeness (QED) is 0.895. The zero-order valence-electron chi connectivity index (χ0n) is 13.4. The molecule has 0 spiro atoms. The summed E-state index contributed by atoms with van der Waals surface area (Å²) in [4.78, 5) is 18.5. The van der Waals surface area contributed by atoms with Crippen molar-refractivity contribution in [3.63, 3.8) is 0 Å². The second-order valence-corrected chi connectivity index (χ2v) is 6.10. The van der Waals surface area contributed by atoms with Crippen LogP contribution in [0.15, 0.2) is 28.8 Å². The number of aryl methyl sites for hydroxylation is 1. The Hall–Kier alpha value is -1.63. The minimum absolute atomic E-state index is 0. The van der Waals surface area contributed by atoms with Crippen molar-refractivity contribution in [3.8, 4) is 11.4 Å². The molecule has 0 aliphatic carbocycles. The first kappa shape index (κ1) is 18.7. The molecule has 24 heavy (non-hydrogen) atoms. The van der Waals surface area contributed by atoms with E-state index in [0.29, 0.717) is 29.6 Å². The van der Waals surface area contributed by atoms with E-state index in [1.807, 2.05) is 17.0 Å². The number of benzene rings is 1. The highest BCUT2D eigenvalue weighted by Crippen LogP contribution is 2.19. The van der Waals surface area contributed by atoms with Gasteiger partial charge in [0.1, 0.15) is 0 Å². The number of nitrogens with one attached hydrogen (secondary N) is 1. The molecule has 0 unspecified atom stereocenters. The molecule has 3 rings (SSSR count). The molecule has 0 radical (unpaired) electrons. The van der Waals surface area contributed by atoms with Crippen molar-refractivity contribution >= 4 is 29.9 Å². The normalized spacial score (nSPS) is 17.4. The summed E-state index contributed by atoms with van der Waals surface area (Å²) in [6.07, 6.45) is 0.836. The molecule has 0 saturated carbocycles. The number of piperazine rings is 1. The van der Waals surface area contributed by atoms with E-state index in [1.165, 1.54) is 0 Å². The van der Waals surface area contributed by atoms with Crippen molar-refractivity contribution in [1.29, 1.82) is 0 Å². The molecule has 0 bridgehead atoms. The number of carbonyl (C=O) groups excluding carboxylic acids is 1. The van der Waals surface area contributed by atoms with E-state index in [-0.39, 0.29) is 24.4 Å². The van der Waals surface area contributed by atoms with E-state index in [1.54, 1.807) is 12.1 Å². The largest absolute Gasteiger partial charge is 0.339 e. The van der Waals surface area contributed by atoms with Crippen molar-refractivity contribution in [2.75, 3.05) is 19.6 Å². The summed E-state index contributed by atoms with van der Waals surface area (Å²) in [6.45, 7) is 4.49. The van der Waals surface area contributed by atoms with Crippen LogP contribution >= 0.6 is 24.0 Å². The number of halogens is 2. The zero-order chi connectivity index (χ0) is 16.2. The van der Waals surface area contributed by atoms with Gasteiger partial charge in [-0.15, -0.1) is 12.4 Å². The van der Waals surface area contributed by atoms with E-state index in [0.717, 1.165) is 25.2 Å². The average molecular weight is 371 g/mol. The fourth-order valence-corrected chi connectivity index (χ4v) is 2.77. The van der Waals surface area contributed by atoms with E-state index >= 15 is 0 Å². The summed E-state index contributed by atoms with van der Waals surface area (Å²) < 4.78 is 5.24. The lowest BCUT2D eigenvalue weighted by Gasteiger charge is -2.34. The van der Waals surface area contributed by atoms with Crippen LogP contribution in [0.3, 0.4) is 0 Å². The van der Waals surface area contributed by atoms with Crippen molar-refractivity contribution in [2.24, 2.45) is 0 Å². The monoisotopic (exact) mass is 370 g/mol. The van der Waals surface area contributed by atoms with Crippen LogP contribution in [0.5, 0.6) is 0 Å². The van der Waals surface area contributed by atoms with Gasteiger partial charge in [0, 0.05) is 49.1 Å². The Balaban J connectivity index is 0.00000208. The second-order valence-electron chi connectivity index (χ2n) is 5.66. The minimum atomic E-state index is 0. The van der Waals surface area contributed by atoms with Gasteiger partial charge < -0.3 is 14.7 Å². The van der Waals surface area contributed by atoms with E-state index in [9.17, 15) is 4.79 Å². The summed E-state index contributed by atoms with van der Waals surface area (Å²) in [5.74, 6) is 1.12. The lowest BCUT2D eigenvalue weighted by Crippen LogP contribution is -2.52. The van der Waals surface area contributed by atoms with E-state index in [2.05, 4.69) is 22.4 Å². The first-order valence-corrected chi connectivity index (χ1v) is 8.10. The molecule has 1 fully saturated rings. The maximum Gasteiger partial charge on any atom is 0.227 e. The van der Waals surface area contributed by atoms with Crippen molar-refractivity contribution in [1.82, 2.24) is 20.4 Å². The zero-order valence-corrected chi connectivity index (χ0v) is 14.9. The van der Waals surface area contributed by atoms with Crippen LogP contribution in [-0.4, -0.2) is 46.6 Å². The maximum atomic E-state index is 12.3. The number of carbonyl (C=O) groups is 1. The standard InChI is InChI=1S/C16H19ClN4O2.ClH/c1-11-10-18-8-9-21(11)15(22)7-6-14-19-16(20-23-14)12-2-4-13(17)5-3-12;/h2-5,11,18H,6-10H2,1H3;1H/t11-;/m0./s1. The molecule has 1 aromatic heterocycles. The fourth-order valence-electron chi connectivity index (χ4n) is 2.64. The molecule has 1 aliphatic heterocycles. The number of hydrogen-bond acceptors (Lipinski definition) is 5. The third kappa shape index (κ3) is 4.47. The smallest absolute Gasteiger partial charge is 0.227 e. The maximum absolute atomic E-state index is 12.3. The molecular formula is C16H20Cl2N4O2. The molecule has 1 aliphatic rings. The molecule has 1 N–H and O–H groups in total. The predicted molar refractivity (Wildman–Crippen MR) is 94.4 cm³/mol. The number of hydrogen-bond donors (Lipinski definition) is 1. The second kappa shape index (κ2) is 8.46. The molecule has 2 heterocycles. The third-order valence-electron chi connectivity index (χ3n) is 3.94. The van der Waals surface area contributed by atoms with E-state index in [4.69, 9.17) is 16.1 Å². The molecule has 6 nitrogen and oxygen atoms in total. The third-order valence-corrected chi connectivity index (χ3v) is 4.20. The van der Waals surface area contributed by atoms with Gasteiger partial charge in [0.05, 0.1) is 0 Å². The SMILES string of the molecule is C[C@H]1CNCCN1C(=O)CCc1nc(-c2ccc(Cl)cc2)no1.Cl. The molecule has 130 valence electrons. The van der Waals surface area contributed by atoms with Gasteiger partial charge in [0.25, 0.3) is 0 Å². The molecular weight excluding hydrogens is 351 g/mol. The molecule has 1 amide bonds. The van der Waals surface area contributed by atoms with Crippen molar-refractivity contribution < 1.29 is 9.32 Å². The number of rotatable bonds is 4. The van der Waals surface area contributed by atoms with Crippen LogP contribution in [0.1, 0.15) is 19.2 Å². The number of amides is 1. The fraction of sp³-hybridized carbons (Fsp3) is 0.438. The highest BCUT2D eigenvalue weighted by Gasteiger charge is 2.23. The lowest BCUT2D eigenvalue weighted by molar-refractivity contribution is -0.134. The minimum Gasteiger partial charge on any atom is -0.339 e. The van der Waals surface area contributed by atoms with Crippen LogP contribution in [-0.2, 0) is 11.2 Å². The molecule has 2 aromatic rings. The average Bonchev–Trinajstić information content (AvgIpc) is 3.03. The topological polar surface area (TPSA) is 71.3 Å². The van der Waals surface area contributed by atoms with Crippen LogP contribution in [0.25, 0.3) is 11.4 Å². The summed E-state index contributed by atoms with van der Waals surface area (Å²) in [5.41, 5.74) is 0.839. The van der Waals surface area contributed by atoms with Crippen LogP contribution < -0.4 is 5.32 Å². The van der Waals surface area contributed by atoms with Gasteiger partial charge in [0.2, 0.25) is 17.6 Å². The van der Waals surface area contributed by atoms with Crippen molar-refractivity contribution in [2.45, 2.75) is 25.8 Å². The highest BCUT2D eigenvalue weighted by atomic mass is 35.5. The Bertz CT molecular complexity index is 675. The van der Waals surface area contributed by atoms with Gasteiger partial charge in [-0.3, -0.25) is 4.79 Å². The van der Waals surface area contributed by atoms with Gasteiger partial charge in [-0.1, -0.05) is 16.8 Å². The number of aromatic nitrogens is 2. The van der Waals surface area contributed by atoms with Gasteiger partial charge in [0.15, 0.2) is 0 Å². The Morgan fingerprint density at radius 1 is 1.42 bits per heavy atom. The van der Waals surface area contributed by atoms with Gasteiger partial charge in [-0.05, 0) is 31.2 Å². The summed E-state index contributed by atoms with van der Waals surface area (Å²) in [5, 5.41) is 7.89. The van der Waals surface area contributed by atoms with E-state index < -0.39 is 0 Å². The molecule has 1 atom stereocenters. The molecule has 1 saturated heterocycles. The van der Waals surface area contributed by atoms with Gasteiger partial charge >= 0.3 is 0 Å². The number of nitrogens with zero attached hydrogens (tertiary/aromatic N) is 3. The van der Waals surface area contributed by atoms with Crippen LogP contribution in [0.2, 0.25) is 5.02 Å². The predicted octanol–water partition coefficient (Wildman–Crippen LogP) is 2.56.